The summed E-state index contributed by atoms with van der Waals surface area (Å²) in [5.74, 6) is 0.185. The van der Waals surface area contributed by atoms with E-state index in [1.807, 2.05) is 0 Å². The third-order valence-electron chi connectivity index (χ3n) is 3.50. The minimum atomic E-state index is -4.38. The lowest BCUT2D eigenvalue weighted by Crippen LogP contribution is -2.07. The maximum Gasteiger partial charge on any atom is 0.416 e. The average Bonchev–Trinajstić information content (AvgIpc) is 3.00. The predicted molar refractivity (Wildman–Crippen MR) is 87.7 cm³/mol. The molecule has 0 spiro atoms. The summed E-state index contributed by atoms with van der Waals surface area (Å²) in [6.45, 7) is 0.212. The van der Waals surface area contributed by atoms with Gasteiger partial charge in [0.05, 0.1) is 22.2 Å². The number of rotatable bonds is 3. The lowest BCUT2D eigenvalue weighted by molar-refractivity contribution is -0.137. The zero-order valence-corrected chi connectivity index (χ0v) is 13.9. The van der Waals surface area contributed by atoms with Crippen LogP contribution in [0.5, 0.6) is 5.75 Å². The van der Waals surface area contributed by atoms with E-state index >= 15 is 0 Å². The first-order chi connectivity index (χ1) is 11.8. The standard InChI is InChI=1S/C16H10Cl2F3N3O/c17-12-5-10(6-13(18)14(12)25)15-22-8-23-24(15)7-9-1-3-11(4-2-9)16(19,20)21/h1-6,8,25H,7H2. The second-order valence-electron chi connectivity index (χ2n) is 5.22. The van der Waals surface area contributed by atoms with Crippen molar-refractivity contribution in [1.82, 2.24) is 14.8 Å². The highest BCUT2D eigenvalue weighted by Gasteiger charge is 2.29. The van der Waals surface area contributed by atoms with Crippen LogP contribution >= 0.6 is 23.2 Å². The summed E-state index contributed by atoms with van der Waals surface area (Å²) in [5.41, 5.74) is 0.431. The number of phenolic OH excluding ortho intramolecular Hbond substituents is 1. The molecule has 2 aromatic carbocycles. The van der Waals surface area contributed by atoms with Crippen LogP contribution in [0.2, 0.25) is 10.0 Å². The van der Waals surface area contributed by atoms with Crippen molar-refractivity contribution in [3.05, 3.63) is 63.9 Å². The zero-order valence-electron chi connectivity index (χ0n) is 12.4. The Morgan fingerprint density at radius 1 is 1.04 bits per heavy atom. The largest absolute Gasteiger partial charge is 0.505 e. The van der Waals surface area contributed by atoms with E-state index in [1.54, 1.807) is 0 Å². The summed E-state index contributed by atoms with van der Waals surface area (Å²) in [7, 11) is 0. The average molecular weight is 388 g/mol. The zero-order chi connectivity index (χ0) is 18.2. The summed E-state index contributed by atoms with van der Waals surface area (Å²) in [6.07, 6.45) is -3.06. The molecule has 9 heteroatoms. The monoisotopic (exact) mass is 387 g/mol. The highest BCUT2D eigenvalue weighted by atomic mass is 35.5. The molecule has 0 aliphatic rings. The molecule has 0 unspecified atom stereocenters. The van der Waals surface area contributed by atoms with Gasteiger partial charge >= 0.3 is 6.18 Å². The molecule has 130 valence electrons. The second-order valence-corrected chi connectivity index (χ2v) is 6.04. The van der Waals surface area contributed by atoms with E-state index in [2.05, 4.69) is 10.1 Å². The minimum absolute atomic E-state index is 0.0616. The highest BCUT2D eigenvalue weighted by Crippen LogP contribution is 2.36. The molecule has 0 aliphatic heterocycles. The maximum absolute atomic E-state index is 12.6. The first-order valence-corrected chi connectivity index (χ1v) is 7.73. The molecule has 1 aromatic heterocycles. The number of aromatic hydroxyl groups is 1. The van der Waals surface area contributed by atoms with Crippen molar-refractivity contribution in [1.29, 1.82) is 0 Å². The Morgan fingerprint density at radius 2 is 1.64 bits per heavy atom. The van der Waals surface area contributed by atoms with Crippen molar-refractivity contribution in [2.24, 2.45) is 0 Å². The quantitative estimate of drug-likeness (QED) is 0.685. The molecule has 25 heavy (non-hydrogen) atoms. The number of alkyl halides is 3. The Kier molecular flexibility index (Phi) is 4.62. The summed E-state index contributed by atoms with van der Waals surface area (Å²) < 4.78 is 39.4. The predicted octanol–water partition coefficient (Wildman–Crippen LogP) is 5.02. The first-order valence-electron chi connectivity index (χ1n) is 6.98. The van der Waals surface area contributed by atoms with Crippen LogP contribution in [0.3, 0.4) is 0 Å². The fourth-order valence-electron chi connectivity index (χ4n) is 2.27. The molecular weight excluding hydrogens is 378 g/mol. The molecule has 0 aliphatic carbocycles. The molecule has 4 nitrogen and oxygen atoms in total. The topological polar surface area (TPSA) is 50.9 Å². The van der Waals surface area contributed by atoms with Crippen LogP contribution in [0.15, 0.2) is 42.7 Å². The number of halogens is 5. The van der Waals surface area contributed by atoms with Gasteiger partial charge in [-0.3, -0.25) is 0 Å². The molecular formula is C16H10Cl2F3N3O. The number of hydrogen-bond acceptors (Lipinski definition) is 3. The van der Waals surface area contributed by atoms with Crippen LogP contribution < -0.4 is 0 Å². The summed E-state index contributed by atoms with van der Waals surface area (Å²) in [6, 6.07) is 7.75. The van der Waals surface area contributed by atoms with E-state index in [0.29, 0.717) is 17.0 Å². The molecule has 3 rings (SSSR count). The lowest BCUT2D eigenvalue weighted by atomic mass is 10.1. The van der Waals surface area contributed by atoms with Gasteiger partial charge < -0.3 is 5.11 Å². The molecule has 0 radical (unpaired) electrons. The van der Waals surface area contributed by atoms with E-state index in [1.165, 1.54) is 35.3 Å². The molecule has 1 heterocycles. The molecule has 0 saturated carbocycles. The normalized spacial score (nSPS) is 11.7. The molecule has 0 saturated heterocycles. The van der Waals surface area contributed by atoms with Crippen molar-refractivity contribution in [3.8, 4) is 17.1 Å². The van der Waals surface area contributed by atoms with Gasteiger partial charge in [-0.05, 0) is 29.8 Å². The van der Waals surface area contributed by atoms with Gasteiger partial charge in [0.1, 0.15) is 6.33 Å². The van der Waals surface area contributed by atoms with Gasteiger partial charge in [-0.15, -0.1) is 0 Å². The lowest BCUT2D eigenvalue weighted by Gasteiger charge is -2.10. The van der Waals surface area contributed by atoms with E-state index in [9.17, 15) is 18.3 Å². The third kappa shape index (κ3) is 3.72. The molecule has 0 bridgehead atoms. The summed E-state index contributed by atoms with van der Waals surface area (Å²) >= 11 is 11.8. The van der Waals surface area contributed by atoms with E-state index in [-0.39, 0.29) is 22.3 Å². The van der Waals surface area contributed by atoms with Crippen LogP contribution in [0.4, 0.5) is 13.2 Å². The number of nitrogens with zero attached hydrogens (tertiary/aromatic N) is 3. The van der Waals surface area contributed by atoms with Crippen molar-refractivity contribution in [2.45, 2.75) is 12.7 Å². The van der Waals surface area contributed by atoms with Crippen LogP contribution in [-0.2, 0) is 12.7 Å². The first kappa shape index (κ1) is 17.6. The summed E-state index contributed by atoms with van der Waals surface area (Å²) in [5, 5.41) is 13.8. The number of benzene rings is 2. The molecule has 0 amide bonds. The Hall–Kier alpha value is -2.25. The SMILES string of the molecule is Oc1c(Cl)cc(-c2ncnn2Cc2ccc(C(F)(F)F)cc2)cc1Cl. The van der Waals surface area contributed by atoms with E-state index < -0.39 is 11.7 Å². The Labute approximate surface area is 150 Å². The van der Waals surface area contributed by atoms with E-state index in [4.69, 9.17) is 23.2 Å². The van der Waals surface area contributed by atoms with Gasteiger partial charge in [-0.2, -0.15) is 18.3 Å². The number of hydrogen-bond donors (Lipinski definition) is 1. The summed E-state index contributed by atoms with van der Waals surface area (Å²) in [4.78, 5) is 4.12. The fourth-order valence-corrected chi connectivity index (χ4v) is 2.76. The fraction of sp³-hybridized carbons (Fsp3) is 0.125. The third-order valence-corrected chi connectivity index (χ3v) is 4.08. The van der Waals surface area contributed by atoms with Gasteiger partial charge in [0.2, 0.25) is 0 Å². The Morgan fingerprint density at radius 3 is 2.20 bits per heavy atom. The smallest absolute Gasteiger partial charge is 0.416 e. The Bertz CT molecular complexity index is 885. The van der Waals surface area contributed by atoms with Gasteiger partial charge in [-0.1, -0.05) is 35.3 Å². The van der Waals surface area contributed by atoms with Gasteiger partial charge in [0.25, 0.3) is 0 Å². The molecule has 0 fully saturated rings. The number of aromatic nitrogens is 3. The van der Waals surface area contributed by atoms with Crippen LogP contribution in [0, 0.1) is 0 Å². The van der Waals surface area contributed by atoms with Gasteiger partial charge in [0, 0.05) is 5.56 Å². The van der Waals surface area contributed by atoms with Crippen LogP contribution in [0.1, 0.15) is 11.1 Å². The minimum Gasteiger partial charge on any atom is -0.505 e. The molecule has 1 N–H and O–H groups in total. The van der Waals surface area contributed by atoms with Crippen molar-refractivity contribution in [2.75, 3.05) is 0 Å². The van der Waals surface area contributed by atoms with Gasteiger partial charge in [0.15, 0.2) is 11.6 Å². The van der Waals surface area contributed by atoms with Crippen LogP contribution in [-0.4, -0.2) is 19.9 Å². The highest BCUT2D eigenvalue weighted by molar-refractivity contribution is 6.37. The van der Waals surface area contributed by atoms with E-state index in [0.717, 1.165) is 12.1 Å². The van der Waals surface area contributed by atoms with Crippen molar-refractivity contribution >= 4 is 23.2 Å². The second kappa shape index (κ2) is 6.57. The van der Waals surface area contributed by atoms with Gasteiger partial charge in [-0.25, -0.2) is 9.67 Å². The maximum atomic E-state index is 12.6. The van der Waals surface area contributed by atoms with Crippen molar-refractivity contribution < 1.29 is 18.3 Å². The number of phenols is 1. The van der Waals surface area contributed by atoms with Crippen molar-refractivity contribution in [3.63, 3.8) is 0 Å². The van der Waals surface area contributed by atoms with Crippen LogP contribution in [0.25, 0.3) is 11.4 Å². The Balaban J connectivity index is 1.90. The molecule has 0 atom stereocenters. The molecule has 3 aromatic rings.